The van der Waals surface area contributed by atoms with E-state index in [-0.39, 0.29) is 5.91 Å². The van der Waals surface area contributed by atoms with E-state index in [2.05, 4.69) is 35.9 Å². The van der Waals surface area contributed by atoms with Gasteiger partial charge in [0.25, 0.3) is 0 Å². The van der Waals surface area contributed by atoms with E-state index < -0.39 is 0 Å². The van der Waals surface area contributed by atoms with Crippen LogP contribution in [0, 0.1) is 0 Å². The minimum Gasteiger partial charge on any atom is -0.494 e. The molecule has 0 aliphatic rings. The van der Waals surface area contributed by atoms with Gasteiger partial charge in [-0.1, -0.05) is 6.92 Å². The van der Waals surface area contributed by atoms with Gasteiger partial charge in [0.2, 0.25) is 5.91 Å². The molecule has 4 heteroatoms. The van der Waals surface area contributed by atoms with Crippen LogP contribution in [0.1, 0.15) is 26.2 Å². The van der Waals surface area contributed by atoms with Gasteiger partial charge >= 0.3 is 0 Å². The van der Waals surface area contributed by atoms with Crippen molar-refractivity contribution in [1.82, 2.24) is 9.47 Å². The molecule has 0 aliphatic carbocycles. The first kappa shape index (κ1) is 15.4. The van der Waals surface area contributed by atoms with Gasteiger partial charge in [-0.2, -0.15) is 0 Å². The fourth-order valence-corrected chi connectivity index (χ4v) is 2.31. The molecule has 2 rings (SSSR count). The minimum absolute atomic E-state index is 0.182. The fraction of sp³-hybridized carbons (Fsp3) is 0.471. The average Bonchev–Trinajstić information content (AvgIpc) is 2.87. The van der Waals surface area contributed by atoms with Crippen LogP contribution < -0.4 is 4.74 Å². The molecular formula is C17H24N2O2. The molecule has 1 aromatic heterocycles. The van der Waals surface area contributed by atoms with Crippen LogP contribution in [0.25, 0.3) is 10.9 Å². The number of aromatic nitrogens is 1. The second-order valence-electron chi connectivity index (χ2n) is 5.47. The topological polar surface area (TPSA) is 34.5 Å². The lowest BCUT2D eigenvalue weighted by Crippen LogP contribution is -2.21. The predicted octanol–water partition coefficient (Wildman–Crippen LogP) is 3.30. The Balaban J connectivity index is 2.00. The lowest BCUT2D eigenvalue weighted by atomic mass is 10.2. The summed E-state index contributed by atoms with van der Waals surface area (Å²) in [7, 11) is 3.59. The van der Waals surface area contributed by atoms with Gasteiger partial charge in [0.05, 0.1) is 6.61 Å². The van der Waals surface area contributed by atoms with Gasteiger partial charge < -0.3 is 14.2 Å². The van der Waals surface area contributed by atoms with E-state index in [1.165, 1.54) is 10.9 Å². The Morgan fingerprint density at radius 1 is 1.29 bits per heavy atom. The van der Waals surface area contributed by atoms with Crippen LogP contribution in [0.15, 0.2) is 30.5 Å². The lowest BCUT2D eigenvalue weighted by molar-refractivity contribution is -0.128. The maximum absolute atomic E-state index is 11.6. The molecule has 0 aliphatic heterocycles. The van der Waals surface area contributed by atoms with Crippen molar-refractivity contribution >= 4 is 16.8 Å². The molecule has 0 spiro atoms. The molecular weight excluding hydrogens is 264 g/mol. The van der Waals surface area contributed by atoms with E-state index in [0.29, 0.717) is 6.42 Å². The number of aryl methyl sites for hydroxylation is 1. The summed E-state index contributed by atoms with van der Waals surface area (Å²) in [6.07, 6.45) is 4.53. The highest BCUT2D eigenvalue weighted by Crippen LogP contribution is 2.22. The van der Waals surface area contributed by atoms with E-state index in [1.54, 1.807) is 19.0 Å². The molecule has 21 heavy (non-hydrogen) atoms. The van der Waals surface area contributed by atoms with Gasteiger partial charge in [-0.3, -0.25) is 4.79 Å². The zero-order valence-corrected chi connectivity index (χ0v) is 13.1. The van der Waals surface area contributed by atoms with Gasteiger partial charge in [0.1, 0.15) is 5.75 Å². The van der Waals surface area contributed by atoms with Crippen LogP contribution >= 0.6 is 0 Å². The van der Waals surface area contributed by atoms with Gasteiger partial charge in [0.15, 0.2) is 0 Å². The van der Waals surface area contributed by atoms with E-state index in [9.17, 15) is 4.79 Å². The number of rotatable bonds is 7. The number of amides is 1. The highest BCUT2D eigenvalue weighted by Gasteiger charge is 2.06. The van der Waals surface area contributed by atoms with Gasteiger partial charge in [-0.25, -0.2) is 0 Å². The largest absolute Gasteiger partial charge is 0.494 e. The Kier molecular flexibility index (Phi) is 5.26. The maximum atomic E-state index is 11.6. The summed E-state index contributed by atoms with van der Waals surface area (Å²) in [5.74, 6) is 1.10. The smallest absolute Gasteiger partial charge is 0.222 e. The first-order valence-electron chi connectivity index (χ1n) is 7.53. The zero-order valence-electron chi connectivity index (χ0n) is 13.1. The molecule has 114 valence electrons. The molecule has 0 saturated carbocycles. The van der Waals surface area contributed by atoms with Gasteiger partial charge in [0, 0.05) is 44.2 Å². The normalized spacial score (nSPS) is 10.8. The highest BCUT2D eigenvalue weighted by atomic mass is 16.5. The van der Waals surface area contributed by atoms with Crippen molar-refractivity contribution in [2.24, 2.45) is 0 Å². The monoisotopic (exact) mass is 288 g/mol. The van der Waals surface area contributed by atoms with Gasteiger partial charge in [-0.15, -0.1) is 0 Å². The summed E-state index contributed by atoms with van der Waals surface area (Å²) in [4.78, 5) is 13.2. The number of carbonyl (C=O) groups is 1. The summed E-state index contributed by atoms with van der Waals surface area (Å²) in [6, 6.07) is 8.28. The van der Waals surface area contributed by atoms with E-state index in [0.717, 1.165) is 31.7 Å². The van der Waals surface area contributed by atoms with E-state index >= 15 is 0 Å². The Hall–Kier alpha value is -1.97. The van der Waals surface area contributed by atoms with Crippen LogP contribution in [0.2, 0.25) is 0 Å². The van der Waals surface area contributed by atoms with Crippen LogP contribution in [-0.4, -0.2) is 36.1 Å². The molecule has 0 saturated heterocycles. The number of ether oxygens (including phenoxy) is 1. The molecule has 0 atom stereocenters. The van der Waals surface area contributed by atoms with E-state index in [4.69, 9.17) is 4.74 Å². The van der Waals surface area contributed by atoms with Crippen LogP contribution in [-0.2, 0) is 11.3 Å². The SMILES string of the molecule is CCCOc1ccc2c(ccn2CCCC(=O)N(C)C)c1. The number of hydrogen-bond acceptors (Lipinski definition) is 2. The van der Waals surface area contributed by atoms with Crippen molar-refractivity contribution in [1.29, 1.82) is 0 Å². The highest BCUT2D eigenvalue weighted by molar-refractivity contribution is 5.81. The van der Waals surface area contributed by atoms with Crippen LogP contribution in [0.3, 0.4) is 0 Å². The molecule has 4 nitrogen and oxygen atoms in total. The maximum Gasteiger partial charge on any atom is 0.222 e. The Morgan fingerprint density at radius 3 is 2.81 bits per heavy atom. The summed E-state index contributed by atoms with van der Waals surface area (Å²) in [6.45, 7) is 3.71. The number of hydrogen-bond donors (Lipinski definition) is 0. The van der Waals surface area contributed by atoms with Crippen LogP contribution in [0.5, 0.6) is 5.75 Å². The second-order valence-corrected chi connectivity index (χ2v) is 5.47. The standard InChI is InChI=1S/C17H24N2O2/c1-4-12-21-15-7-8-16-14(13-15)9-11-19(16)10-5-6-17(20)18(2)3/h7-9,11,13H,4-6,10,12H2,1-3H3. The Bertz CT molecular complexity index is 602. The third-order valence-electron chi connectivity index (χ3n) is 3.50. The van der Waals surface area contributed by atoms with Crippen molar-refractivity contribution < 1.29 is 9.53 Å². The van der Waals surface area contributed by atoms with Gasteiger partial charge in [-0.05, 0) is 37.1 Å². The van der Waals surface area contributed by atoms with Crippen molar-refractivity contribution in [2.45, 2.75) is 32.7 Å². The minimum atomic E-state index is 0.182. The van der Waals surface area contributed by atoms with Crippen molar-refractivity contribution in [3.63, 3.8) is 0 Å². The number of benzene rings is 1. The first-order chi connectivity index (χ1) is 10.1. The van der Waals surface area contributed by atoms with Crippen LogP contribution in [0.4, 0.5) is 0 Å². The van der Waals surface area contributed by atoms with Crippen molar-refractivity contribution in [3.05, 3.63) is 30.5 Å². The summed E-state index contributed by atoms with van der Waals surface area (Å²) in [5, 5.41) is 1.18. The number of nitrogens with zero attached hydrogens (tertiary/aromatic N) is 2. The molecule has 0 unspecified atom stereocenters. The predicted molar refractivity (Wildman–Crippen MR) is 85.7 cm³/mol. The average molecular weight is 288 g/mol. The third-order valence-corrected chi connectivity index (χ3v) is 3.50. The zero-order chi connectivity index (χ0) is 15.2. The summed E-state index contributed by atoms with van der Waals surface area (Å²) in [5.41, 5.74) is 1.19. The summed E-state index contributed by atoms with van der Waals surface area (Å²) >= 11 is 0. The first-order valence-corrected chi connectivity index (χ1v) is 7.53. The Labute approximate surface area is 126 Å². The quantitative estimate of drug-likeness (QED) is 0.783. The third kappa shape index (κ3) is 4.00. The molecule has 0 N–H and O–H groups in total. The molecule has 1 aromatic carbocycles. The fourth-order valence-electron chi connectivity index (χ4n) is 2.31. The Morgan fingerprint density at radius 2 is 2.10 bits per heavy atom. The van der Waals surface area contributed by atoms with Crippen molar-refractivity contribution in [2.75, 3.05) is 20.7 Å². The molecule has 2 aromatic rings. The molecule has 0 fully saturated rings. The van der Waals surface area contributed by atoms with E-state index in [1.807, 2.05) is 6.07 Å². The molecule has 0 bridgehead atoms. The number of carbonyl (C=O) groups excluding carboxylic acids is 1. The summed E-state index contributed by atoms with van der Waals surface area (Å²) < 4.78 is 7.85. The number of fused-ring (bicyclic) bond motifs is 1. The second kappa shape index (κ2) is 7.16. The molecule has 1 heterocycles. The molecule has 0 radical (unpaired) electrons. The molecule has 1 amide bonds. The van der Waals surface area contributed by atoms with Crippen molar-refractivity contribution in [3.8, 4) is 5.75 Å². The lowest BCUT2D eigenvalue weighted by Gasteiger charge is -2.11.